The molecule has 0 saturated heterocycles. The van der Waals surface area contributed by atoms with Crippen LogP contribution in [-0.2, 0) is 20.7 Å². The molecule has 174 valence electrons. The Hall–Kier alpha value is -3.78. The summed E-state index contributed by atoms with van der Waals surface area (Å²) in [5, 5.41) is 5.16. The van der Waals surface area contributed by atoms with Crippen molar-refractivity contribution in [2.24, 2.45) is 0 Å². The molecule has 0 radical (unpaired) electrons. The molecule has 7 nitrogen and oxygen atoms in total. The number of ether oxygens (including phenoxy) is 2. The Kier molecular flexibility index (Phi) is 7.18. The van der Waals surface area contributed by atoms with Gasteiger partial charge in [-0.3, -0.25) is 14.4 Å². The molecular weight excluding hydrogens is 452 g/mol. The summed E-state index contributed by atoms with van der Waals surface area (Å²) >= 11 is 1.46. The number of amides is 2. The first kappa shape index (κ1) is 23.4. The number of thioether (sulfide) groups is 1. The van der Waals surface area contributed by atoms with E-state index in [1.165, 1.54) is 25.8 Å². The summed E-state index contributed by atoms with van der Waals surface area (Å²) in [6.45, 7) is 1.54. The molecule has 1 aliphatic rings. The van der Waals surface area contributed by atoms with E-state index >= 15 is 0 Å². The highest BCUT2D eigenvalue weighted by atomic mass is 32.2. The molecule has 0 fully saturated rings. The van der Waals surface area contributed by atoms with Gasteiger partial charge in [0, 0.05) is 16.1 Å². The maximum atomic E-state index is 12.5. The molecule has 2 N–H and O–H groups in total. The average molecular weight is 477 g/mol. The van der Waals surface area contributed by atoms with Crippen LogP contribution in [-0.4, -0.2) is 36.2 Å². The van der Waals surface area contributed by atoms with Gasteiger partial charge >= 0.3 is 5.97 Å². The van der Waals surface area contributed by atoms with Gasteiger partial charge in [0.15, 0.2) is 6.10 Å². The molecule has 0 bridgehead atoms. The zero-order valence-corrected chi connectivity index (χ0v) is 19.6. The first-order valence-electron chi connectivity index (χ1n) is 10.7. The molecule has 0 unspecified atom stereocenters. The number of benzene rings is 3. The number of anilines is 2. The highest BCUT2D eigenvalue weighted by Crippen LogP contribution is 2.37. The second-order valence-electron chi connectivity index (χ2n) is 7.72. The fraction of sp³-hybridized carbons (Fsp3) is 0.192. The fourth-order valence-corrected chi connectivity index (χ4v) is 4.69. The molecular formula is C26H24N2O5S. The van der Waals surface area contributed by atoms with Crippen LogP contribution in [0.2, 0.25) is 0 Å². The summed E-state index contributed by atoms with van der Waals surface area (Å²) in [5.41, 5.74) is 2.58. The lowest BCUT2D eigenvalue weighted by molar-refractivity contribution is -0.152. The van der Waals surface area contributed by atoms with Crippen LogP contribution in [0.4, 0.5) is 11.4 Å². The minimum atomic E-state index is -0.953. The molecule has 4 rings (SSSR count). The standard InChI is InChI=1S/C26H24N2O5S/c1-16(33-26(31)23-15-18-7-3-6-10-22(18)34-23)24(29)27-19-13-11-17(12-14-19)25(30)28-20-8-4-5-9-21(20)32-2/h3-14,16,23H,15H2,1-2H3,(H,27,29)(H,28,30)/t16-,23-/m1/s1. The van der Waals surface area contributed by atoms with Gasteiger partial charge in [-0.1, -0.05) is 30.3 Å². The third-order valence-electron chi connectivity index (χ3n) is 5.34. The van der Waals surface area contributed by atoms with Gasteiger partial charge in [-0.25, -0.2) is 0 Å². The number of nitrogens with one attached hydrogen (secondary N) is 2. The van der Waals surface area contributed by atoms with E-state index in [0.29, 0.717) is 29.1 Å². The molecule has 1 heterocycles. The SMILES string of the molecule is COc1ccccc1NC(=O)c1ccc(NC(=O)[C@@H](C)OC(=O)[C@H]2Cc3ccccc3S2)cc1. The van der Waals surface area contributed by atoms with E-state index in [0.717, 1.165) is 10.5 Å². The van der Waals surface area contributed by atoms with Crippen molar-refractivity contribution in [2.75, 3.05) is 17.7 Å². The Balaban J connectivity index is 1.30. The van der Waals surface area contributed by atoms with Crippen molar-refractivity contribution in [2.45, 2.75) is 29.6 Å². The number of hydrogen-bond acceptors (Lipinski definition) is 6. The largest absolute Gasteiger partial charge is 0.495 e. The van der Waals surface area contributed by atoms with Gasteiger partial charge in [0.2, 0.25) is 0 Å². The van der Waals surface area contributed by atoms with Crippen LogP contribution in [0.15, 0.2) is 77.7 Å². The Morgan fingerprint density at radius 1 is 0.941 bits per heavy atom. The smallest absolute Gasteiger partial charge is 0.320 e. The number of rotatable bonds is 7. The summed E-state index contributed by atoms with van der Waals surface area (Å²) in [6, 6.07) is 21.4. The van der Waals surface area contributed by atoms with Crippen LogP contribution in [0.5, 0.6) is 5.75 Å². The third kappa shape index (κ3) is 5.40. The predicted molar refractivity (Wildman–Crippen MR) is 131 cm³/mol. The Labute approximate surface area is 201 Å². The number of fused-ring (bicyclic) bond motifs is 1. The van der Waals surface area contributed by atoms with Crippen molar-refractivity contribution in [1.29, 1.82) is 0 Å². The van der Waals surface area contributed by atoms with E-state index in [1.54, 1.807) is 42.5 Å². The van der Waals surface area contributed by atoms with E-state index in [2.05, 4.69) is 10.6 Å². The number of esters is 1. The van der Waals surface area contributed by atoms with Gasteiger partial charge in [0.1, 0.15) is 11.0 Å². The summed E-state index contributed by atoms with van der Waals surface area (Å²) in [5.74, 6) is -0.602. The maximum absolute atomic E-state index is 12.5. The first-order valence-corrected chi connectivity index (χ1v) is 11.6. The monoisotopic (exact) mass is 476 g/mol. The van der Waals surface area contributed by atoms with Gasteiger partial charge in [-0.05, 0) is 61.4 Å². The van der Waals surface area contributed by atoms with Crippen LogP contribution in [0.3, 0.4) is 0 Å². The molecule has 3 aromatic carbocycles. The van der Waals surface area contributed by atoms with Gasteiger partial charge in [0.25, 0.3) is 11.8 Å². The van der Waals surface area contributed by atoms with Crippen LogP contribution in [0.25, 0.3) is 0 Å². The van der Waals surface area contributed by atoms with E-state index in [1.807, 2.05) is 30.3 Å². The van der Waals surface area contributed by atoms with Crippen molar-refractivity contribution in [3.05, 3.63) is 83.9 Å². The Bertz CT molecular complexity index is 1190. The highest BCUT2D eigenvalue weighted by molar-refractivity contribution is 8.01. The number of methoxy groups -OCH3 is 1. The lowest BCUT2D eigenvalue weighted by Gasteiger charge is -2.16. The Morgan fingerprint density at radius 3 is 2.38 bits per heavy atom. The van der Waals surface area contributed by atoms with Gasteiger partial charge in [-0.15, -0.1) is 11.8 Å². The Morgan fingerprint density at radius 2 is 1.65 bits per heavy atom. The van der Waals surface area contributed by atoms with Crippen molar-refractivity contribution in [1.82, 2.24) is 0 Å². The molecule has 8 heteroatoms. The molecule has 0 aromatic heterocycles. The predicted octanol–water partition coefficient (Wildman–Crippen LogP) is 4.53. The van der Waals surface area contributed by atoms with Gasteiger partial charge in [-0.2, -0.15) is 0 Å². The number of carbonyl (C=O) groups is 3. The van der Waals surface area contributed by atoms with Crippen molar-refractivity contribution < 1.29 is 23.9 Å². The summed E-state index contributed by atoms with van der Waals surface area (Å²) < 4.78 is 10.6. The number of para-hydroxylation sites is 2. The minimum Gasteiger partial charge on any atom is -0.495 e. The summed E-state index contributed by atoms with van der Waals surface area (Å²) in [4.78, 5) is 38.6. The zero-order chi connectivity index (χ0) is 24.1. The fourth-order valence-electron chi connectivity index (χ4n) is 3.51. The van der Waals surface area contributed by atoms with Crippen molar-refractivity contribution in [3.63, 3.8) is 0 Å². The first-order chi connectivity index (χ1) is 16.4. The molecule has 2 amide bonds. The third-order valence-corrected chi connectivity index (χ3v) is 6.64. The maximum Gasteiger partial charge on any atom is 0.320 e. The second kappa shape index (κ2) is 10.4. The molecule has 3 aromatic rings. The molecule has 2 atom stereocenters. The molecule has 0 aliphatic carbocycles. The molecule has 0 saturated carbocycles. The van der Waals surface area contributed by atoms with Crippen molar-refractivity contribution >= 4 is 40.9 Å². The minimum absolute atomic E-state index is 0.306. The molecule has 34 heavy (non-hydrogen) atoms. The molecule has 0 spiro atoms. The zero-order valence-electron chi connectivity index (χ0n) is 18.7. The van der Waals surface area contributed by atoms with E-state index in [4.69, 9.17) is 9.47 Å². The number of carbonyl (C=O) groups excluding carboxylic acids is 3. The highest BCUT2D eigenvalue weighted by Gasteiger charge is 2.31. The molecule has 1 aliphatic heterocycles. The van der Waals surface area contributed by atoms with Crippen LogP contribution in [0.1, 0.15) is 22.8 Å². The topological polar surface area (TPSA) is 93.7 Å². The van der Waals surface area contributed by atoms with Crippen molar-refractivity contribution in [3.8, 4) is 5.75 Å². The summed E-state index contributed by atoms with van der Waals surface area (Å²) in [7, 11) is 1.53. The normalized spacial score (nSPS) is 15.1. The van der Waals surface area contributed by atoms with Crippen LogP contribution in [0, 0.1) is 0 Å². The summed E-state index contributed by atoms with van der Waals surface area (Å²) in [6.07, 6.45) is -0.364. The van der Waals surface area contributed by atoms with Crippen LogP contribution >= 0.6 is 11.8 Å². The second-order valence-corrected chi connectivity index (χ2v) is 8.96. The lowest BCUT2D eigenvalue weighted by atomic mass is 10.1. The number of hydrogen-bond donors (Lipinski definition) is 2. The quantitative estimate of drug-likeness (QED) is 0.487. The van der Waals surface area contributed by atoms with Crippen LogP contribution < -0.4 is 15.4 Å². The lowest BCUT2D eigenvalue weighted by Crippen LogP contribution is -2.33. The van der Waals surface area contributed by atoms with E-state index < -0.39 is 18.0 Å². The van der Waals surface area contributed by atoms with Gasteiger partial charge in [0.05, 0.1) is 12.8 Å². The van der Waals surface area contributed by atoms with E-state index in [-0.39, 0.29) is 11.2 Å². The average Bonchev–Trinajstić information content (AvgIpc) is 3.29. The van der Waals surface area contributed by atoms with E-state index in [9.17, 15) is 14.4 Å². The van der Waals surface area contributed by atoms with Gasteiger partial charge < -0.3 is 20.1 Å².